The molecule has 1 aromatic heterocycles. The summed E-state index contributed by atoms with van der Waals surface area (Å²) in [6, 6.07) is 0. The van der Waals surface area contributed by atoms with Gasteiger partial charge >= 0.3 is 0 Å². The fraction of sp³-hybridized carbons (Fsp3) is 0.800. The molecule has 0 unspecified atom stereocenters. The Morgan fingerprint density at radius 2 is 1.93 bits per heavy atom. The zero-order valence-corrected chi connectivity index (χ0v) is 8.95. The highest BCUT2D eigenvalue weighted by Crippen LogP contribution is 2.30. The SMILES string of the molecule is CN(C)c1n[nH]c(C2CCCCC2)n1. The minimum Gasteiger partial charge on any atom is -0.346 e. The Morgan fingerprint density at radius 1 is 1.21 bits per heavy atom. The van der Waals surface area contributed by atoms with Crippen LogP contribution in [0.1, 0.15) is 43.8 Å². The summed E-state index contributed by atoms with van der Waals surface area (Å²) < 4.78 is 0. The average molecular weight is 194 g/mol. The van der Waals surface area contributed by atoms with Crippen molar-refractivity contribution in [3.8, 4) is 0 Å². The molecule has 78 valence electrons. The molecular formula is C10H18N4. The Bertz CT molecular complexity index is 286. The van der Waals surface area contributed by atoms with Crippen molar-refractivity contribution in [3.05, 3.63) is 5.82 Å². The topological polar surface area (TPSA) is 44.8 Å². The number of hydrogen-bond donors (Lipinski definition) is 1. The molecule has 0 atom stereocenters. The van der Waals surface area contributed by atoms with Crippen molar-refractivity contribution in [2.45, 2.75) is 38.0 Å². The first-order valence-electron chi connectivity index (χ1n) is 5.37. The normalized spacial score (nSPS) is 18.4. The third-order valence-electron chi connectivity index (χ3n) is 2.88. The number of nitrogens with one attached hydrogen (secondary N) is 1. The second-order valence-electron chi connectivity index (χ2n) is 4.25. The van der Waals surface area contributed by atoms with Crippen molar-refractivity contribution in [2.75, 3.05) is 19.0 Å². The van der Waals surface area contributed by atoms with Gasteiger partial charge in [0.15, 0.2) is 0 Å². The van der Waals surface area contributed by atoms with Crippen LogP contribution in [0.25, 0.3) is 0 Å². The first-order chi connectivity index (χ1) is 6.77. The summed E-state index contributed by atoms with van der Waals surface area (Å²) in [6.45, 7) is 0. The second kappa shape index (κ2) is 3.98. The van der Waals surface area contributed by atoms with Crippen LogP contribution < -0.4 is 4.90 Å². The summed E-state index contributed by atoms with van der Waals surface area (Å²) in [5, 5.41) is 7.23. The van der Waals surface area contributed by atoms with Crippen LogP contribution in [0.3, 0.4) is 0 Å². The molecule has 0 aliphatic heterocycles. The van der Waals surface area contributed by atoms with Gasteiger partial charge in [0.1, 0.15) is 5.82 Å². The number of aromatic amines is 1. The molecule has 1 heterocycles. The highest BCUT2D eigenvalue weighted by Gasteiger charge is 2.19. The van der Waals surface area contributed by atoms with Crippen LogP contribution in [0, 0.1) is 0 Å². The van der Waals surface area contributed by atoms with Crippen LogP contribution in [0.2, 0.25) is 0 Å². The van der Waals surface area contributed by atoms with Gasteiger partial charge < -0.3 is 4.90 Å². The van der Waals surface area contributed by atoms with Gasteiger partial charge in [-0.1, -0.05) is 19.3 Å². The predicted octanol–water partition coefficient (Wildman–Crippen LogP) is 1.92. The summed E-state index contributed by atoms with van der Waals surface area (Å²) in [6.07, 6.45) is 6.58. The highest BCUT2D eigenvalue weighted by atomic mass is 15.3. The number of hydrogen-bond acceptors (Lipinski definition) is 3. The Balaban J connectivity index is 2.07. The summed E-state index contributed by atoms with van der Waals surface area (Å²) in [5.74, 6) is 2.49. The minimum absolute atomic E-state index is 0.616. The molecule has 1 aliphatic rings. The first kappa shape index (κ1) is 9.49. The molecule has 1 aliphatic carbocycles. The number of anilines is 1. The lowest BCUT2D eigenvalue weighted by Gasteiger charge is -2.18. The number of nitrogens with zero attached hydrogens (tertiary/aromatic N) is 3. The van der Waals surface area contributed by atoms with Gasteiger partial charge in [0.2, 0.25) is 5.95 Å². The fourth-order valence-corrected chi connectivity index (χ4v) is 2.02. The molecule has 0 amide bonds. The molecule has 0 bridgehead atoms. The molecular weight excluding hydrogens is 176 g/mol. The van der Waals surface area contributed by atoms with Crippen LogP contribution in [0.15, 0.2) is 0 Å². The van der Waals surface area contributed by atoms with Gasteiger partial charge in [-0.2, -0.15) is 4.98 Å². The molecule has 4 heteroatoms. The van der Waals surface area contributed by atoms with Crippen molar-refractivity contribution < 1.29 is 0 Å². The number of aromatic nitrogens is 3. The first-order valence-corrected chi connectivity index (χ1v) is 5.37. The van der Waals surface area contributed by atoms with Gasteiger partial charge in [-0.25, -0.2) is 0 Å². The Kier molecular flexibility index (Phi) is 2.70. The van der Waals surface area contributed by atoms with E-state index in [0.717, 1.165) is 11.8 Å². The van der Waals surface area contributed by atoms with Gasteiger partial charge in [0.25, 0.3) is 0 Å². The van der Waals surface area contributed by atoms with E-state index in [1.807, 2.05) is 19.0 Å². The van der Waals surface area contributed by atoms with Crippen molar-refractivity contribution in [3.63, 3.8) is 0 Å². The Morgan fingerprint density at radius 3 is 2.50 bits per heavy atom. The van der Waals surface area contributed by atoms with Gasteiger partial charge in [-0.3, -0.25) is 5.10 Å². The van der Waals surface area contributed by atoms with Gasteiger partial charge in [0, 0.05) is 20.0 Å². The summed E-state index contributed by atoms with van der Waals surface area (Å²) in [7, 11) is 3.93. The van der Waals surface area contributed by atoms with E-state index in [0.29, 0.717) is 5.92 Å². The van der Waals surface area contributed by atoms with Crippen molar-refractivity contribution in [2.24, 2.45) is 0 Å². The van der Waals surface area contributed by atoms with Gasteiger partial charge in [-0.15, -0.1) is 5.10 Å². The summed E-state index contributed by atoms with van der Waals surface area (Å²) >= 11 is 0. The standard InChI is InChI=1S/C10H18N4/c1-14(2)10-11-9(12-13-10)8-6-4-3-5-7-8/h8H,3-7H2,1-2H3,(H,11,12,13). The largest absolute Gasteiger partial charge is 0.346 e. The van der Waals surface area contributed by atoms with Crippen molar-refractivity contribution in [1.29, 1.82) is 0 Å². The van der Waals surface area contributed by atoms with Crippen LogP contribution in [-0.4, -0.2) is 29.3 Å². The predicted molar refractivity (Wildman–Crippen MR) is 56.5 cm³/mol. The molecule has 14 heavy (non-hydrogen) atoms. The van der Waals surface area contributed by atoms with Gasteiger partial charge in [0.05, 0.1) is 0 Å². The van der Waals surface area contributed by atoms with Crippen molar-refractivity contribution in [1.82, 2.24) is 15.2 Å². The monoisotopic (exact) mass is 194 g/mol. The Labute approximate surface area is 84.7 Å². The molecule has 1 N–H and O–H groups in total. The smallest absolute Gasteiger partial charge is 0.244 e. The van der Waals surface area contributed by atoms with E-state index in [4.69, 9.17) is 0 Å². The number of rotatable bonds is 2. The molecule has 0 aromatic carbocycles. The zero-order valence-electron chi connectivity index (χ0n) is 8.95. The van der Waals surface area contributed by atoms with E-state index in [1.54, 1.807) is 0 Å². The molecule has 2 rings (SSSR count). The molecule has 1 saturated carbocycles. The number of H-pyrrole nitrogens is 1. The highest BCUT2D eigenvalue weighted by molar-refractivity contribution is 5.25. The fourth-order valence-electron chi connectivity index (χ4n) is 2.02. The molecule has 1 fully saturated rings. The molecule has 0 spiro atoms. The zero-order chi connectivity index (χ0) is 9.97. The molecule has 0 radical (unpaired) electrons. The van der Waals surface area contributed by atoms with Crippen LogP contribution in [0.5, 0.6) is 0 Å². The van der Waals surface area contributed by atoms with E-state index in [1.165, 1.54) is 32.1 Å². The van der Waals surface area contributed by atoms with E-state index in [9.17, 15) is 0 Å². The van der Waals surface area contributed by atoms with Crippen LogP contribution >= 0.6 is 0 Å². The average Bonchev–Trinajstić information content (AvgIpc) is 2.68. The quantitative estimate of drug-likeness (QED) is 0.782. The maximum absolute atomic E-state index is 4.49. The van der Waals surface area contributed by atoms with E-state index >= 15 is 0 Å². The summed E-state index contributed by atoms with van der Waals surface area (Å²) in [4.78, 5) is 6.43. The van der Waals surface area contributed by atoms with Crippen molar-refractivity contribution >= 4 is 5.95 Å². The van der Waals surface area contributed by atoms with Crippen LogP contribution in [0.4, 0.5) is 5.95 Å². The van der Waals surface area contributed by atoms with E-state index in [2.05, 4.69) is 15.2 Å². The maximum atomic E-state index is 4.49. The lowest BCUT2D eigenvalue weighted by atomic mass is 9.89. The minimum atomic E-state index is 0.616. The second-order valence-corrected chi connectivity index (χ2v) is 4.25. The van der Waals surface area contributed by atoms with Gasteiger partial charge in [-0.05, 0) is 12.8 Å². The molecule has 0 saturated heterocycles. The Hall–Kier alpha value is -1.06. The molecule has 4 nitrogen and oxygen atoms in total. The molecule has 1 aromatic rings. The van der Waals surface area contributed by atoms with Crippen LogP contribution in [-0.2, 0) is 0 Å². The lowest BCUT2D eigenvalue weighted by molar-refractivity contribution is 0.429. The summed E-state index contributed by atoms with van der Waals surface area (Å²) in [5.41, 5.74) is 0. The maximum Gasteiger partial charge on any atom is 0.244 e. The third-order valence-corrected chi connectivity index (χ3v) is 2.88. The third kappa shape index (κ3) is 1.89. The van der Waals surface area contributed by atoms with E-state index < -0.39 is 0 Å². The van der Waals surface area contributed by atoms with E-state index in [-0.39, 0.29) is 0 Å². The lowest BCUT2D eigenvalue weighted by Crippen LogP contribution is -2.11.